The van der Waals surface area contributed by atoms with Gasteiger partial charge in [0.2, 0.25) is 0 Å². The summed E-state index contributed by atoms with van der Waals surface area (Å²) in [5.41, 5.74) is 9.61. The molecule has 0 spiro atoms. The molecule has 2 aliphatic carbocycles. The standard InChI is InChI=1S/C19H23Br/c1-12(2)16-8-9-17(11-20)19-15(5)13(3)6-7-14(4)18(19)10-16/h6-10,12H,11H2,1-5H3. The van der Waals surface area contributed by atoms with Crippen LogP contribution in [-0.4, -0.2) is 5.33 Å². The molecule has 0 aliphatic heterocycles. The number of fused-ring (bicyclic) bond motifs is 1. The van der Waals surface area contributed by atoms with Crippen LogP contribution in [0.4, 0.5) is 0 Å². The van der Waals surface area contributed by atoms with E-state index in [4.69, 9.17) is 0 Å². The Bertz CT molecular complexity index is 602. The summed E-state index contributed by atoms with van der Waals surface area (Å²) in [4.78, 5) is 0. The normalized spacial score (nSPS) is 19.4. The zero-order valence-corrected chi connectivity index (χ0v) is 14.6. The summed E-state index contributed by atoms with van der Waals surface area (Å²) < 4.78 is 0. The number of halogens is 1. The van der Waals surface area contributed by atoms with Crippen molar-refractivity contribution in [2.45, 2.75) is 34.6 Å². The maximum absolute atomic E-state index is 3.66. The molecular weight excluding hydrogens is 308 g/mol. The van der Waals surface area contributed by atoms with E-state index < -0.39 is 0 Å². The van der Waals surface area contributed by atoms with Gasteiger partial charge < -0.3 is 0 Å². The number of allylic oxidation sites excluding steroid dienone is 12. The second kappa shape index (κ2) is 6.13. The van der Waals surface area contributed by atoms with Crippen LogP contribution < -0.4 is 0 Å². The van der Waals surface area contributed by atoms with Gasteiger partial charge in [-0.2, -0.15) is 0 Å². The van der Waals surface area contributed by atoms with Crippen molar-refractivity contribution in [2.75, 3.05) is 5.33 Å². The predicted octanol–water partition coefficient (Wildman–Crippen LogP) is 6.05. The zero-order valence-electron chi connectivity index (χ0n) is 13.0. The lowest BCUT2D eigenvalue weighted by molar-refractivity contribution is 0.791. The third-order valence-electron chi connectivity index (χ3n) is 4.16. The van der Waals surface area contributed by atoms with Gasteiger partial charge in [-0.1, -0.05) is 60.2 Å². The van der Waals surface area contributed by atoms with Gasteiger partial charge in [0, 0.05) is 5.33 Å². The molecule has 0 unspecified atom stereocenters. The summed E-state index contributed by atoms with van der Waals surface area (Å²) in [6, 6.07) is 0. The summed E-state index contributed by atoms with van der Waals surface area (Å²) in [7, 11) is 0. The van der Waals surface area contributed by atoms with E-state index in [1.165, 1.54) is 39.0 Å². The van der Waals surface area contributed by atoms with Crippen molar-refractivity contribution in [3.8, 4) is 0 Å². The molecule has 1 heteroatoms. The first-order chi connectivity index (χ1) is 9.45. The highest BCUT2D eigenvalue weighted by molar-refractivity contribution is 9.09. The molecule has 2 rings (SSSR count). The Morgan fingerprint density at radius 2 is 1.60 bits per heavy atom. The molecule has 0 N–H and O–H groups in total. The van der Waals surface area contributed by atoms with Crippen molar-refractivity contribution < 1.29 is 0 Å². The molecule has 0 aromatic carbocycles. The Morgan fingerprint density at radius 1 is 0.950 bits per heavy atom. The Hall–Kier alpha value is -1.08. The van der Waals surface area contributed by atoms with E-state index in [9.17, 15) is 0 Å². The van der Waals surface area contributed by atoms with Gasteiger partial charge in [-0.25, -0.2) is 0 Å². The van der Waals surface area contributed by atoms with Gasteiger partial charge in [0.1, 0.15) is 0 Å². The largest absolute Gasteiger partial charge is 0.0876 e. The van der Waals surface area contributed by atoms with Crippen molar-refractivity contribution >= 4 is 15.9 Å². The lowest BCUT2D eigenvalue weighted by Gasteiger charge is -2.17. The van der Waals surface area contributed by atoms with E-state index in [2.05, 4.69) is 80.9 Å². The molecule has 0 atom stereocenters. The first kappa shape index (κ1) is 15.3. The monoisotopic (exact) mass is 330 g/mol. The molecule has 0 nitrogen and oxygen atoms in total. The molecule has 0 saturated heterocycles. The molecule has 106 valence electrons. The predicted molar refractivity (Wildman–Crippen MR) is 93.1 cm³/mol. The van der Waals surface area contributed by atoms with Crippen LogP contribution >= 0.6 is 15.9 Å². The third kappa shape index (κ3) is 2.83. The van der Waals surface area contributed by atoms with Crippen LogP contribution in [0.1, 0.15) is 34.6 Å². The Morgan fingerprint density at radius 3 is 2.20 bits per heavy atom. The quantitative estimate of drug-likeness (QED) is 0.540. The lowest BCUT2D eigenvalue weighted by atomic mass is 9.88. The highest BCUT2D eigenvalue weighted by atomic mass is 79.9. The topological polar surface area (TPSA) is 0 Å². The van der Waals surface area contributed by atoms with E-state index in [-0.39, 0.29) is 0 Å². The highest BCUT2D eigenvalue weighted by Gasteiger charge is 2.20. The number of alkyl halides is 1. The van der Waals surface area contributed by atoms with Crippen molar-refractivity contribution in [3.63, 3.8) is 0 Å². The molecular formula is C19H23Br. The van der Waals surface area contributed by atoms with Gasteiger partial charge in [0.05, 0.1) is 0 Å². The van der Waals surface area contributed by atoms with Crippen LogP contribution in [0.2, 0.25) is 0 Å². The van der Waals surface area contributed by atoms with Gasteiger partial charge in [-0.15, -0.1) is 0 Å². The maximum atomic E-state index is 3.66. The highest BCUT2D eigenvalue weighted by Crippen LogP contribution is 2.37. The van der Waals surface area contributed by atoms with Crippen molar-refractivity contribution in [1.82, 2.24) is 0 Å². The molecule has 0 bridgehead atoms. The van der Waals surface area contributed by atoms with Crippen LogP contribution in [-0.2, 0) is 0 Å². The fourth-order valence-electron chi connectivity index (χ4n) is 2.63. The SMILES string of the molecule is CC1=CC=C(C)C(C)=C2C(CBr)=CC=C(C(C)C)C=C12. The van der Waals surface area contributed by atoms with E-state index >= 15 is 0 Å². The molecule has 0 amide bonds. The second-order valence-corrected chi connectivity index (χ2v) is 6.47. The van der Waals surface area contributed by atoms with Crippen LogP contribution in [0, 0.1) is 5.92 Å². The van der Waals surface area contributed by atoms with E-state index in [1.54, 1.807) is 0 Å². The molecule has 0 heterocycles. The zero-order chi connectivity index (χ0) is 14.9. The minimum absolute atomic E-state index is 0.542. The van der Waals surface area contributed by atoms with Crippen molar-refractivity contribution in [3.05, 3.63) is 69.4 Å². The van der Waals surface area contributed by atoms with E-state index in [0.29, 0.717) is 5.92 Å². The summed E-state index contributed by atoms with van der Waals surface area (Å²) in [6.45, 7) is 11.2. The average molecular weight is 331 g/mol. The van der Waals surface area contributed by atoms with Crippen LogP contribution in [0.25, 0.3) is 0 Å². The molecule has 0 radical (unpaired) electrons. The van der Waals surface area contributed by atoms with Gasteiger partial charge in [0.15, 0.2) is 0 Å². The number of rotatable bonds is 2. The number of hydrogen-bond donors (Lipinski definition) is 0. The Labute approximate surface area is 131 Å². The smallest absolute Gasteiger partial charge is 0.0289 e. The van der Waals surface area contributed by atoms with Crippen LogP contribution in [0.5, 0.6) is 0 Å². The summed E-state index contributed by atoms with van der Waals surface area (Å²) in [5.74, 6) is 0.542. The Kier molecular flexibility index (Phi) is 4.70. The Balaban J connectivity index is 2.74. The molecule has 20 heavy (non-hydrogen) atoms. The molecule has 0 aromatic heterocycles. The third-order valence-corrected chi connectivity index (χ3v) is 4.77. The second-order valence-electron chi connectivity index (χ2n) is 5.90. The van der Waals surface area contributed by atoms with Gasteiger partial charge in [-0.3, -0.25) is 0 Å². The lowest BCUT2D eigenvalue weighted by Crippen LogP contribution is -2.01. The van der Waals surface area contributed by atoms with Gasteiger partial charge in [-0.05, 0) is 65.7 Å². The fraction of sp³-hybridized carbons (Fsp3) is 0.368. The first-order valence-corrected chi connectivity index (χ1v) is 8.33. The van der Waals surface area contributed by atoms with E-state index in [1.807, 2.05) is 0 Å². The minimum atomic E-state index is 0.542. The van der Waals surface area contributed by atoms with Gasteiger partial charge >= 0.3 is 0 Å². The maximum Gasteiger partial charge on any atom is 0.0289 e. The fourth-order valence-corrected chi connectivity index (χ4v) is 3.09. The summed E-state index contributed by atoms with van der Waals surface area (Å²) >= 11 is 3.66. The molecule has 0 fully saturated rings. The minimum Gasteiger partial charge on any atom is -0.0876 e. The molecule has 0 saturated carbocycles. The molecule has 2 aliphatic rings. The molecule has 0 aromatic rings. The average Bonchev–Trinajstić information content (AvgIpc) is 2.67. The van der Waals surface area contributed by atoms with E-state index in [0.717, 1.165) is 5.33 Å². The first-order valence-electron chi connectivity index (χ1n) is 7.21. The van der Waals surface area contributed by atoms with Gasteiger partial charge in [0.25, 0.3) is 0 Å². The van der Waals surface area contributed by atoms with Crippen molar-refractivity contribution in [1.29, 1.82) is 0 Å². The van der Waals surface area contributed by atoms with Crippen molar-refractivity contribution in [2.24, 2.45) is 5.92 Å². The van der Waals surface area contributed by atoms with Crippen LogP contribution in [0.15, 0.2) is 69.4 Å². The number of hydrogen-bond acceptors (Lipinski definition) is 0. The van der Waals surface area contributed by atoms with Crippen LogP contribution in [0.3, 0.4) is 0 Å². The summed E-state index contributed by atoms with van der Waals surface area (Å²) in [5, 5.41) is 0.888. The summed E-state index contributed by atoms with van der Waals surface area (Å²) in [6.07, 6.45) is 11.4.